The SMILES string of the molecule is O=C(CN(CCN1CCOCC1)C(=O)O)NCc1ccc(Cl)cc1C(=O)c1ccccc1F. The summed E-state index contributed by atoms with van der Waals surface area (Å²) in [6.45, 7) is 2.93. The third kappa shape index (κ3) is 6.98. The normalized spacial score (nSPS) is 14.0. The number of nitrogens with one attached hydrogen (secondary N) is 1. The lowest BCUT2D eigenvalue weighted by molar-refractivity contribution is -0.122. The van der Waals surface area contributed by atoms with Crippen molar-refractivity contribution in [2.45, 2.75) is 6.54 Å². The highest BCUT2D eigenvalue weighted by Crippen LogP contribution is 2.21. The van der Waals surface area contributed by atoms with E-state index in [-0.39, 0.29) is 30.8 Å². The number of hydrogen-bond donors (Lipinski definition) is 2. The third-order valence-electron chi connectivity index (χ3n) is 5.31. The first-order valence-electron chi connectivity index (χ1n) is 10.5. The summed E-state index contributed by atoms with van der Waals surface area (Å²) >= 11 is 6.04. The van der Waals surface area contributed by atoms with E-state index in [1.165, 1.54) is 24.3 Å². The van der Waals surface area contributed by atoms with Gasteiger partial charge in [0.1, 0.15) is 12.4 Å². The molecule has 0 bridgehead atoms. The van der Waals surface area contributed by atoms with Gasteiger partial charge in [0.15, 0.2) is 5.78 Å². The first-order chi connectivity index (χ1) is 15.8. The Morgan fingerprint density at radius 3 is 2.55 bits per heavy atom. The van der Waals surface area contributed by atoms with E-state index < -0.39 is 23.6 Å². The summed E-state index contributed by atoms with van der Waals surface area (Å²) in [6.07, 6.45) is -1.19. The van der Waals surface area contributed by atoms with Crippen LogP contribution in [0.15, 0.2) is 42.5 Å². The molecule has 176 valence electrons. The first kappa shape index (κ1) is 24.6. The average Bonchev–Trinajstić information content (AvgIpc) is 2.81. The van der Waals surface area contributed by atoms with Crippen molar-refractivity contribution in [2.75, 3.05) is 45.9 Å². The summed E-state index contributed by atoms with van der Waals surface area (Å²) in [5.41, 5.74) is 0.499. The van der Waals surface area contributed by atoms with E-state index in [0.29, 0.717) is 30.3 Å². The Balaban J connectivity index is 1.62. The molecule has 0 aromatic heterocycles. The molecule has 1 saturated heterocycles. The molecule has 2 amide bonds. The summed E-state index contributed by atoms with van der Waals surface area (Å²) in [5, 5.41) is 12.4. The number of ketones is 1. The van der Waals surface area contributed by atoms with Crippen LogP contribution in [-0.4, -0.2) is 78.6 Å². The van der Waals surface area contributed by atoms with Crippen LogP contribution in [0, 0.1) is 5.82 Å². The van der Waals surface area contributed by atoms with Gasteiger partial charge in [0.25, 0.3) is 0 Å². The van der Waals surface area contributed by atoms with Crippen LogP contribution in [0.1, 0.15) is 21.5 Å². The number of carbonyl (C=O) groups excluding carboxylic acids is 2. The van der Waals surface area contributed by atoms with Crippen LogP contribution in [0.2, 0.25) is 5.02 Å². The van der Waals surface area contributed by atoms with Gasteiger partial charge in [0.2, 0.25) is 5.91 Å². The van der Waals surface area contributed by atoms with Gasteiger partial charge in [-0.05, 0) is 29.8 Å². The van der Waals surface area contributed by atoms with Crippen LogP contribution in [0.25, 0.3) is 0 Å². The lowest BCUT2D eigenvalue weighted by Crippen LogP contribution is -2.45. The number of carbonyl (C=O) groups is 3. The molecule has 1 heterocycles. The van der Waals surface area contributed by atoms with Crippen molar-refractivity contribution in [1.29, 1.82) is 0 Å². The lowest BCUT2D eigenvalue weighted by atomic mass is 9.98. The second-order valence-electron chi connectivity index (χ2n) is 7.55. The van der Waals surface area contributed by atoms with E-state index in [4.69, 9.17) is 16.3 Å². The number of amides is 2. The van der Waals surface area contributed by atoms with Gasteiger partial charge in [-0.25, -0.2) is 9.18 Å². The molecular formula is C23H25ClFN3O5. The zero-order chi connectivity index (χ0) is 23.8. The Kier molecular flexibility index (Phi) is 8.76. The molecule has 2 N–H and O–H groups in total. The minimum absolute atomic E-state index is 0.0392. The van der Waals surface area contributed by atoms with Crippen LogP contribution in [-0.2, 0) is 16.1 Å². The molecule has 1 aliphatic rings. The third-order valence-corrected chi connectivity index (χ3v) is 5.54. The average molecular weight is 478 g/mol. The van der Waals surface area contributed by atoms with Crippen LogP contribution in [0.3, 0.4) is 0 Å². The molecule has 0 unspecified atom stereocenters. The van der Waals surface area contributed by atoms with Gasteiger partial charge in [-0.3, -0.25) is 19.4 Å². The van der Waals surface area contributed by atoms with Gasteiger partial charge >= 0.3 is 6.09 Å². The molecule has 8 nitrogen and oxygen atoms in total. The molecule has 1 fully saturated rings. The predicted molar refractivity (Wildman–Crippen MR) is 120 cm³/mol. The second kappa shape index (κ2) is 11.7. The van der Waals surface area contributed by atoms with Gasteiger partial charge in [0.05, 0.1) is 18.8 Å². The molecule has 0 aliphatic carbocycles. The van der Waals surface area contributed by atoms with Crippen LogP contribution >= 0.6 is 11.6 Å². The minimum atomic E-state index is -1.19. The number of ether oxygens (including phenoxy) is 1. The number of hydrogen-bond acceptors (Lipinski definition) is 5. The molecule has 0 saturated carbocycles. The zero-order valence-electron chi connectivity index (χ0n) is 17.9. The maximum Gasteiger partial charge on any atom is 0.407 e. The molecule has 3 rings (SSSR count). The number of morpholine rings is 1. The van der Waals surface area contributed by atoms with E-state index in [1.54, 1.807) is 18.2 Å². The smallest absolute Gasteiger partial charge is 0.407 e. The highest BCUT2D eigenvalue weighted by atomic mass is 35.5. The van der Waals surface area contributed by atoms with E-state index in [1.807, 2.05) is 0 Å². The number of carboxylic acid groups (broad SMARTS) is 1. The van der Waals surface area contributed by atoms with Crippen molar-refractivity contribution < 1.29 is 28.6 Å². The summed E-state index contributed by atoms with van der Waals surface area (Å²) < 4.78 is 19.4. The van der Waals surface area contributed by atoms with Crippen molar-refractivity contribution in [3.05, 3.63) is 70.0 Å². The van der Waals surface area contributed by atoms with Gasteiger partial charge in [-0.15, -0.1) is 0 Å². The quantitative estimate of drug-likeness (QED) is 0.539. The molecule has 10 heteroatoms. The van der Waals surface area contributed by atoms with Gasteiger partial charge in [-0.1, -0.05) is 29.8 Å². The maximum atomic E-state index is 14.1. The van der Waals surface area contributed by atoms with Crippen LogP contribution in [0.4, 0.5) is 9.18 Å². The summed E-state index contributed by atoms with van der Waals surface area (Å²) in [6, 6.07) is 10.2. The molecular weight excluding hydrogens is 453 g/mol. The molecule has 0 spiro atoms. The second-order valence-corrected chi connectivity index (χ2v) is 7.98. The van der Waals surface area contributed by atoms with E-state index in [9.17, 15) is 23.9 Å². The van der Waals surface area contributed by atoms with E-state index in [2.05, 4.69) is 10.2 Å². The fourth-order valence-corrected chi connectivity index (χ4v) is 3.63. The topological polar surface area (TPSA) is 99.2 Å². The Hall–Kier alpha value is -3.01. The molecule has 2 aromatic carbocycles. The fourth-order valence-electron chi connectivity index (χ4n) is 3.46. The number of benzene rings is 2. The van der Waals surface area contributed by atoms with Crippen molar-refractivity contribution in [3.63, 3.8) is 0 Å². The molecule has 2 aromatic rings. The Labute approximate surface area is 195 Å². The summed E-state index contributed by atoms with van der Waals surface area (Å²) in [4.78, 5) is 40.0. The van der Waals surface area contributed by atoms with Crippen molar-refractivity contribution in [1.82, 2.24) is 15.1 Å². The van der Waals surface area contributed by atoms with E-state index >= 15 is 0 Å². The summed E-state index contributed by atoms with van der Waals surface area (Å²) in [7, 11) is 0. The Morgan fingerprint density at radius 2 is 1.85 bits per heavy atom. The van der Waals surface area contributed by atoms with E-state index in [0.717, 1.165) is 18.0 Å². The minimum Gasteiger partial charge on any atom is -0.465 e. The van der Waals surface area contributed by atoms with Gasteiger partial charge in [0, 0.05) is 43.3 Å². The molecule has 0 radical (unpaired) electrons. The largest absolute Gasteiger partial charge is 0.465 e. The first-order valence-corrected chi connectivity index (χ1v) is 10.9. The number of halogens is 2. The zero-order valence-corrected chi connectivity index (χ0v) is 18.7. The summed E-state index contributed by atoms with van der Waals surface area (Å²) in [5.74, 6) is -1.73. The molecule has 0 atom stereocenters. The highest BCUT2D eigenvalue weighted by molar-refractivity contribution is 6.31. The lowest BCUT2D eigenvalue weighted by Gasteiger charge is -2.28. The van der Waals surface area contributed by atoms with Gasteiger partial charge < -0.3 is 15.2 Å². The Morgan fingerprint density at radius 1 is 1.12 bits per heavy atom. The van der Waals surface area contributed by atoms with Crippen molar-refractivity contribution in [3.8, 4) is 0 Å². The molecule has 1 aliphatic heterocycles. The van der Waals surface area contributed by atoms with Crippen molar-refractivity contribution in [2.24, 2.45) is 0 Å². The highest BCUT2D eigenvalue weighted by Gasteiger charge is 2.20. The standard InChI is InChI=1S/C23H25ClFN3O5/c24-17-6-5-16(19(13-17)22(30)18-3-1-2-4-20(18)25)14-26-21(29)15-28(23(31)32)8-7-27-9-11-33-12-10-27/h1-6,13H,7-12,14-15H2,(H,26,29)(H,31,32). The van der Waals surface area contributed by atoms with Crippen molar-refractivity contribution >= 4 is 29.4 Å². The molecule has 33 heavy (non-hydrogen) atoms. The Bertz CT molecular complexity index is 1010. The number of rotatable bonds is 9. The van der Waals surface area contributed by atoms with Crippen LogP contribution < -0.4 is 5.32 Å². The van der Waals surface area contributed by atoms with Crippen LogP contribution in [0.5, 0.6) is 0 Å². The monoisotopic (exact) mass is 477 g/mol. The predicted octanol–water partition coefficient (Wildman–Crippen LogP) is 2.64. The fraction of sp³-hybridized carbons (Fsp3) is 0.348. The van der Waals surface area contributed by atoms with Gasteiger partial charge in [-0.2, -0.15) is 0 Å². The number of nitrogens with zero attached hydrogens (tertiary/aromatic N) is 2. The maximum absolute atomic E-state index is 14.1.